The summed E-state index contributed by atoms with van der Waals surface area (Å²) in [6, 6.07) is 0. The molecule has 0 bridgehead atoms. The first-order chi connectivity index (χ1) is 7.22. The highest BCUT2D eigenvalue weighted by atomic mass is 16.1. The van der Waals surface area contributed by atoms with Crippen LogP contribution in [-0.4, -0.2) is 32.5 Å². The van der Waals surface area contributed by atoms with E-state index in [1.807, 2.05) is 0 Å². The van der Waals surface area contributed by atoms with Gasteiger partial charge in [-0.1, -0.05) is 6.42 Å². The van der Waals surface area contributed by atoms with Gasteiger partial charge in [0.1, 0.15) is 0 Å². The molecule has 2 unspecified atom stereocenters. The van der Waals surface area contributed by atoms with Crippen molar-refractivity contribution < 1.29 is 4.79 Å². The van der Waals surface area contributed by atoms with Gasteiger partial charge in [-0.2, -0.15) is 4.80 Å². The van der Waals surface area contributed by atoms with Gasteiger partial charge in [-0.3, -0.25) is 4.79 Å². The fraction of sp³-hybridized carbons (Fsp3) is 0.778. The molecule has 0 radical (unpaired) electrons. The first-order valence-electron chi connectivity index (χ1n) is 5.20. The number of aryl methyl sites for hydroxylation is 1. The van der Waals surface area contributed by atoms with Gasteiger partial charge in [0.25, 0.3) is 0 Å². The molecule has 0 aliphatic heterocycles. The van der Waals surface area contributed by atoms with Crippen LogP contribution in [0.5, 0.6) is 0 Å². The maximum Gasteiger partial charge on any atom is 0.240 e. The zero-order valence-corrected chi connectivity index (χ0v) is 8.76. The molecule has 0 saturated heterocycles. The molecule has 1 saturated carbocycles. The fourth-order valence-electron chi connectivity index (χ4n) is 2.21. The molecule has 1 aromatic heterocycles. The molecule has 0 spiro atoms. The van der Waals surface area contributed by atoms with Crippen LogP contribution in [0.25, 0.3) is 0 Å². The molecule has 2 atom stereocenters. The molecule has 6 heteroatoms. The van der Waals surface area contributed by atoms with Crippen molar-refractivity contribution in [2.45, 2.75) is 19.3 Å². The summed E-state index contributed by atoms with van der Waals surface area (Å²) in [7, 11) is 1.65. The Hall–Kier alpha value is -1.30. The van der Waals surface area contributed by atoms with Crippen LogP contribution in [0, 0.1) is 11.8 Å². The van der Waals surface area contributed by atoms with Crippen molar-refractivity contribution >= 4 is 5.78 Å². The molecular weight excluding hydrogens is 194 g/mol. The van der Waals surface area contributed by atoms with E-state index >= 15 is 0 Å². The Morgan fingerprint density at radius 1 is 1.60 bits per heavy atom. The van der Waals surface area contributed by atoms with Crippen molar-refractivity contribution in [3.8, 4) is 0 Å². The number of carbonyl (C=O) groups is 1. The third-order valence-electron chi connectivity index (χ3n) is 3.03. The normalized spacial score (nSPS) is 25.7. The SMILES string of the molecule is Cn1nnc(C(=O)C2CCCC2CN)n1. The molecule has 2 N–H and O–H groups in total. The van der Waals surface area contributed by atoms with Crippen LogP contribution in [0.4, 0.5) is 0 Å². The maximum absolute atomic E-state index is 12.0. The van der Waals surface area contributed by atoms with Gasteiger partial charge in [0, 0.05) is 5.92 Å². The smallest absolute Gasteiger partial charge is 0.240 e. The number of tetrazole rings is 1. The Kier molecular flexibility index (Phi) is 2.77. The average molecular weight is 209 g/mol. The van der Waals surface area contributed by atoms with E-state index in [0.717, 1.165) is 19.3 Å². The number of nitrogens with zero attached hydrogens (tertiary/aromatic N) is 4. The van der Waals surface area contributed by atoms with Crippen molar-refractivity contribution in [1.29, 1.82) is 0 Å². The van der Waals surface area contributed by atoms with Crippen LogP contribution in [0.3, 0.4) is 0 Å². The topological polar surface area (TPSA) is 86.7 Å². The van der Waals surface area contributed by atoms with E-state index in [-0.39, 0.29) is 17.5 Å². The molecule has 1 fully saturated rings. The summed E-state index contributed by atoms with van der Waals surface area (Å²) in [6.45, 7) is 0.566. The third-order valence-corrected chi connectivity index (χ3v) is 3.03. The number of nitrogens with two attached hydrogens (primary N) is 1. The van der Waals surface area contributed by atoms with Crippen LogP contribution in [0.1, 0.15) is 29.9 Å². The highest BCUT2D eigenvalue weighted by Crippen LogP contribution is 2.32. The summed E-state index contributed by atoms with van der Waals surface area (Å²) in [5.41, 5.74) is 5.63. The van der Waals surface area contributed by atoms with Gasteiger partial charge >= 0.3 is 0 Å². The molecule has 82 valence electrons. The van der Waals surface area contributed by atoms with Crippen molar-refractivity contribution in [2.24, 2.45) is 24.6 Å². The molecule has 2 rings (SSSR count). The molecule has 1 aliphatic carbocycles. The van der Waals surface area contributed by atoms with E-state index < -0.39 is 0 Å². The second-order valence-corrected chi connectivity index (χ2v) is 4.00. The number of hydrogen-bond acceptors (Lipinski definition) is 5. The molecule has 1 aromatic rings. The Labute approximate surface area is 87.8 Å². The molecule has 0 aromatic carbocycles. The molecule has 15 heavy (non-hydrogen) atoms. The van der Waals surface area contributed by atoms with Crippen LogP contribution >= 0.6 is 0 Å². The second kappa shape index (κ2) is 4.06. The highest BCUT2D eigenvalue weighted by molar-refractivity contribution is 5.94. The zero-order chi connectivity index (χ0) is 10.8. The monoisotopic (exact) mass is 209 g/mol. The van der Waals surface area contributed by atoms with Crippen molar-refractivity contribution in [1.82, 2.24) is 20.2 Å². The Balaban J connectivity index is 2.13. The van der Waals surface area contributed by atoms with Crippen LogP contribution in [0.2, 0.25) is 0 Å². The number of rotatable bonds is 3. The van der Waals surface area contributed by atoms with Crippen LogP contribution in [0.15, 0.2) is 0 Å². The lowest BCUT2D eigenvalue weighted by atomic mass is 9.92. The van der Waals surface area contributed by atoms with Gasteiger partial charge in [-0.05, 0) is 30.5 Å². The Morgan fingerprint density at radius 3 is 3.00 bits per heavy atom. The summed E-state index contributed by atoms with van der Waals surface area (Å²) < 4.78 is 0. The van der Waals surface area contributed by atoms with Gasteiger partial charge in [0.2, 0.25) is 11.6 Å². The van der Waals surface area contributed by atoms with Crippen LogP contribution in [-0.2, 0) is 7.05 Å². The predicted molar refractivity (Wildman–Crippen MR) is 53.0 cm³/mol. The minimum absolute atomic E-state index is 0.000741. The summed E-state index contributed by atoms with van der Waals surface area (Å²) in [4.78, 5) is 13.3. The zero-order valence-electron chi connectivity index (χ0n) is 8.76. The quantitative estimate of drug-likeness (QED) is 0.695. The summed E-state index contributed by atoms with van der Waals surface area (Å²) in [6.07, 6.45) is 3.00. The molecule has 1 aliphatic rings. The van der Waals surface area contributed by atoms with Crippen molar-refractivity contribution in [3.63, 3.8) is 0 Å². The first kappa shape index (κ1) is 10.2. The van der Waals surface area contributed by atoms with E-state index in [9.17, 15) is 4.79 Å². The third kappa shape index (κ3) is 1.90. The number of aromatic nitrogens is 4. The maximum atomic E-state index is 12.0. The largest absolute Gasteiger partial charge is 0.330 e. The molecule has 1 heterocycles. The van der Waals surface area contributed by atoms with E-state index in [4.69, 9.17) is 5.73 Å². The molecule has 0 amide bonds. The van der Waals surface area contributed by atoms with Crippen molar-refractivity contribution in [3.05, 3.63) is 5.82 Å². The molecule has 6 nitrogen and oxygen atoms in total. The van der Waals surface area contributed by atoms with E-state index in [2.05, 4.69) is 15.4 Å². The minimum atomic E-state index is -0.00366. The van der Waals surface area contributed by atoms with Crippen LogP contribution < -0.4 is 5.73 Å². The van der Waals surface area contributed by atoms with Gasteiger partial charge in [0.05, 0.1) is 7.05 Å². The first-order valence-corrected chi connectivity index (χ1v) is 5.20. The number of Topliss-reactive ketones (excluding diaryl/α,β-unsaturated/α-hetero) is 1. The second-order valence-electron chi connectivity index (χ2n) is 4.00. The summed E-state index contributed by atoms with van der Waals surface area (Å²) >= 11 is 0. The minimum Gasteiger partial charge on any atom is -0.330 e. The number of carbonyl (C=O) groups excluding carboxylic acids is 1. The lowest BCUT2D eigenvalue weighted by Crippen LogP contribution is -2.26. The standard InChI is InChI=1S/C9H15N5O/c1-14-12-9(11-13-14)8(15)7-4-2-3-6(7)5-10/h6-7H,2-5,10H2,1H3. The fourth-order valence-corrected chi connectivity index (χ4v) is 2.21. The lowest BCUT2D eigenvalue weighted by molar-refractivity contribution is 0.0882. The van der Waals surface area contributed by atoms with Gasteiger partial charge < -0.3 is 5.73 Å². The van der Waals surface area contributed by atoms with E-state index in [1.54, 1.807) is 7.05 Å². The summed E-state index contributed by atoms with van der Waals surface area (Å²) in [5.74, 6) is 0.513. The lowest BCUT2D eigenvalue weighted by Gasteiger charge is -2.13. The predicted octanol–water partition coefficient (Wildman–Crippen LogP) is -0.232. The van der Waals surface area contributed by atoms with Gasteiger partial charge in [-0.25, -0.2) is 0 Å². The van der Waals surface area contributed by atoms with Gasteiger partial charge in [0.15, 0.2) is 0 Å². The highest BCUT2D eigenvalue weighted by Gasteiger charge is 2.34. The average Bonchev–Trinajstić information content (AvgIpc) is 2.84. The Bertz CT molecular complexity index is 361. The van der Waals surface area contributed by atoms with Crippen molar-refractivity contribution in [2.75, 3.05) is 6.54 Å². The van der Waals surface area contributed by atoms with Gasteiger partial charge in [-0.15, -0.1) is 10.2 Å². The number of ketones is 1. The Morgan fingerprint density at radius 2 is 2.40 bits per heavy atom. The molecular formula is C9H15N5O. The number of hydrogen-bond donors (Lipinski definition) is 1. The summed E-state index contributed by atoms with van der Waals surface area (Å²) in [5, 5.41) is 11.3. The van der Waals surface area contributed by atoms with E-state index in [1.165, 1.54) is 4.80 Å². The van der Waals surface area contributed by atoms with E-state index in [0.29, 0.717) is 12.5 Å².